The summed E-state index contributed by atoms with van der Waals surface area (Å²) in [5.74, 6) is 1.74. The second-order valence-corrected chi connectivity index (χ2v) is 6.54. The lowest BCUT2D eigenvalue weighted by Gasteiger charge is -2.18. The van der Waals surface area contributed by atoms with Crippen molar-refractivity contribution in [1.82, 2.24) is 0 Å². The molecule has 1 aliphatic rings. The third-order valence-corrected chi connectivity index (χ3v) is 4.78. The molecule has 0 saturated heterocycles. The molecule has 0 amide bonds. The molecule has 0 aromatic heterocycles. The fourth-order valence-electron chi connectivity index (χ4n) is 3.38. The van der Waals surface area contributed by atoms with E-state index < -0.39 is 0 Å². The number of phenolic OH excluding ortho intramolecular Hbond substituents is 1. The Labute approximate surface area is 164 Å². The summed E-state index contributed by atoms with van der Waals surface area (Å²) >= 11 is 0. The van der Waals surface area contributed by atoms with Gasteiger partial charge in [0.2, 0.25) is 0 Å². The lowest BCUT2D eigenvalue weighted by atomic mass is 9.86. The summed E-state index contributed by atoms with van der Waals surface area (Å²) in [5, 5.41) is 9.75. The highest BCUT2D eigenvalue weighted by Gasteiger charge is 2.21. The van der Waals surface area contributed by atoms with Gasteiger partial charge in [-0.1, -0.05) is 18.2 Å². The number of allylic oxidation sites excluding steroid dienone is 2. The Kier molecular flexibility index (Phi) is 6.04. The van der Waals surface area contributed by atoms with E-state index in [1.54, 1.807) is 32.4 Å². The fraction of sp³-hybridized carbons (Fsp3) is 0.261. The average Bonchev–Trinajstić information content (AvgIpc) is 2.72. The van der Waals surface area contributed by atoms with Crippen LogP contribution in [0.1, 0.15) is 30.4 Å². The number of ether oxygens (including phenoxy) is 3. The van der Waals surface area contributed by atoms with E-state index >= 15 is 0 Å². The molecule has 2 aromatic rings. The smallest absolute Gasteiger partial charge is 0.185 e. The van der Waals surface area contributed by atoms with E-state index in [9.17, 15) is 9.90 Å². The Hall–Kier alpha value is -3.21. The van der Waals surface area contributed by atoms with Gasteiger partial charge in [-0.2, -0.15) is 0 Å². The van der Waals surface area contributed by atoms with Crippen molar-refractivity contribution in [2.24, 2.45) is 0 Å². The zero-order chi connectivity index (χ0) is 20.1. The van der Waals surface area contributed by atoms with Crippen molar-refractivity contribution < 1.29 is 24.1 Å². The molecule has 0 radical (unpaired) electrons. The van der Waals surface area contributed by atoms with E-state index in [2.05, 4.69) is 0 Å². The number of benzene rings is 2. The van der Waals surface area contributed by atoms with Crippen molar-refractivity contribution in [2.75, 3.05) is 21.3 Å². The molecule has 3 rings (SSSR count). The predicted molar refractivity (Wildman–Crippen MR) is 109 cm³/mol. The van der Waals surface area contributed by atoms with Gasteiger partial charge in [-0.15, -0.1) is 0 Å². The van der Waals surface area contributed by atoms with Crippen LogP contribution in [0.2, 0.25) is 0 Å². The van der Waals surface area contributed by atoms with E-state index in [4.69, 9.17) is 14.2 Å². The third-order valence-electron chi connectivity index (χ3n) is 4.78. The normalized spacial score (nSPS) is 17.0. The molecule has 0 heterocycles. The van der Waals surface area contributed by atoms with Gasteiger partial charge in [-0.05, 0) is 55.2 Å². The first-order valence-corrected chi connectivity index (χ1v) is 9.11. The molecule has 1 N–H and O–H groups in total. The monoisotopic (exact) mass is 380 g/mol. The molecule has 0 unspecified atom stereocenters. The number of methoxy groups -OCH3 is 3. The largest absolute Gasteiger partial charge is 0.504 e. The van der Waals surface area contributed by atoms with Crippen LogP contribution in [0.3, 0.4) is 0 Å². The Balaban J connectivity index is 1.94. The first-order chi connectivity index (χ1) is 13.6. The molecular weight excluding hydrogens is 356 g/mol. The van der Waals surface area contributed by atoms with Crippen molar-refractivity contribution >= 4 is 17.9 Å². The minimum absolute atomic E-state index is 0.0307. The Morgan fingerprint density at radius 2 is 1.61 bits per heavy atom. The van der Waals surface area contributed by atoms with Gasteiger partial charge in [0.25, 0.3) is 0 Å². The second-order valence-electron chi connectivity index (χ2n) is 6.54. The van der Waals surface area contributed by atoms with Crippen LogP contribution in [0, 0.1) is 0 Å². The lowest BCUT2D eigenvalue weighted by Crippen LogP contribution is -2.12. The van der Waals surface area contributed by atoms with Gasteiger partial charge in [-0.25, -0.2) is 0 Å². The van der Waals surface area contributed by atoms with E-state index in [-0.39, 0.29) is 11.5 Å². The Morgan fingerprint density at radius 3 is 2.29 bits per heavy atom. The van der Waals surface area contributed by atoms with E-state index in [1.165, 1.54) is 7.11 Å². The van der Waals surface area contributed by atoms with Gasteiger partial charge >= 0.3 is 0 Å². The molecule has 1 aliphatic carbocycles. The highest BCUT2D eigenvalue weighted by Crippen LogP contribution is 2.35. The minimum Gasteiger partial charge on any atom is -0.504 e. The zero-order valence-corrected chi connectivity index (χ0v) is 16.3. The summed E-state index contributed by atoms with van der Waals surface area (Å²) in [6.07, 6.45) is 6.07. The van der Waals surface area contributed by atoms with Crippen molar-refractivity contribution in [1.29, 1.82) is 0 Å². The molecule has 2 aromatic carbocycles. The third kappa shape index (κ3) is 4.03. The molecule has 146 valence electrons. The number of hydrogen-bond acceptors (Lipinski definition) is 5. The highest BCUT2D eigenvalue weighted by atomic mass is 16.5. The van der Waals surface area contributed by atoms with Crippen molar-refractivity contribution in [2.45, 2.75) is 19.3 Å². The molecule has 28 heavy (non-hydrogen) atoms. The molecule has 0 aliphatic heterocycles. The van der Waals surface area contributed by atoms with Crippen LogP contribution in [0.4, 0.5) is 0 Å². The van der Waals surface area contributed by atoms with Gasteiger partial charge in [0, 0.05) is 16.7 Å². The van der Waals surface area contributed by atoms with Gasteiger partial charge in [0.15, 0.2) is 28.8 Å². The lowest BCUT2D eigenvalue weighted by molar-refractivity contribution is -0.112. The van der Waals surface area contributed by atoms with Gasteiger partial charge in [0.1, 0.15) is 0 Å². The van der Waals surface area contributed by atoms with Crippen LogP contribution >= 0.6 is 0 Å². The maximum Gasteiger partial charge on any atom is 0.185 e. The zero-order valence-electron chi connectivity index (χ0n) is 16.3. The van der Waals surface area contributed by atoms with Crippen LogP contribution in [0.25, 0.3) is 12.2 Å². The predicted octanol–water partition coefficient (Wildman–Crippen LogP) is 4.64. The number of rotatable bonds is 5. The molecule has 0 bridgehead atoms. The number of carbonyl (C=O) groups is 1. The number of para-hydroxylation sites is 1. The number of phenols is 1. The number of Topliss-reactive ketones (excluding diaryl/α,β-unsaturated/α-hetero) is 1. The van der Waals surface area contributed by atoms with Crippen molar-refractivity contribution in [3.63, 3.8) is 0 Å². The maximum absolute atomic E-state index is 13.0. The molecule has 0 spiro atoms. The summed E-state index contributed by atoms with van der Waals surface area (Å²) in [6.45, 7) is 0. The summed E-state index contributed by atoms with van der Waals surface area (Å²) in [6, 6.07) is 10.7. The van der Waals surface area contributed by atoms with Crippen molar-refractivity contribution in [3.8, 4) is 23.0 Å². The molecule has 1 saturated carbocycles. The molecule has 5 heteroatoms. The van der Waals surface area contributed by atoms with Gasteiger partial charge < -0.3 is 19.3 Å². The molecule has 1 fully saturated rings. The number of ketones is 1. The van der Waals surface area contributed by atoms with E-state index in [1.807, 2.05) is 30.4 Å². The highest BCUT2D eigenvalue weighted by molar-refractivity contribution is 6.14. The van der Waals surface area contributed by atoms with Crippen LogP contribution in [-0.4, -0.2) is 32.2 Å². The van der Waals surface area contributed by atoms with Crippen LogP contribution in [0.5, 0.6) is 23.0 Å². The first-order valence-electron chi connectivity index (χ1n) is 9.11. The van der Waals surface area contributed by atoms with Crippen LogP contribution in [-0.2, 0) is 4.79 Å². The maximum atomic E-state index is 13.0. The summed E-state index contributed by atoms with van der Waals surface area (Å²) in [4.78, 5) is 13.0. The topological polar surface area (TPSA) is 65.0 Å². The number of hydrogen-bond donors (Lipinski definition) is 1. The Morgan fingerprint density at radius 1 is 0.893 bits per heavy atom. The van der Waals surface area contributed by atoms with Crippen LogP contribution in [0.15, 0.2) is 47.5 Å². The SMILES string of the molecule is COc1cc(/C=C2\CCC/C(=C\c3cccc(OC)c3OC)C2=O)ccc1O. The second kappa shape index (κ2) is 8.65. The number of aromatic hydroxyl groups is 1. The average molecular weight is 380 g/mol. The van der Waals surface area contributed by atoms with Gasteiger partial charge in [0.05, 0.1) is 21.3 Å². The minimum atomic E-state index is 0.0307. The first kappa shape index (κ1) is 19.5. The van der Waals surface area contributed by atoms with Gasteiger partial charge in [-0.3, -0.25) is 4.79 Å². The molecular formula is C23H24O5. The quantitative estimate of drug-likeness (QED) is 0.766. The molecule has 0 atom stereocenters. The van der Waals surface area contributed by atoms with Crippen LogP contribution < -0.4 is 14.2 Å². The summed E-state index contributed by atoms with van der Waals surface area (Å²) in [5.41, 5.74) is 3.12. The number of carbonyl (C=O) groups excluding carboxylic acids is 1. The van der Waals surface area contributed by atoms with E-state index in [0.29, 0.717) is 23.7 Å². The fourth-order valence-corrected chi connectivity index (χ4v) is 3.38. The Bertz CT molecular complexity index is 940. The summed E-state index contributed by atoms with van der Waals surface area (Å²) in [7, 11) is 4.68. The molecule has 5 nitrogen and oxygen atoms in total. The summed E-state index contributed by atoms with van der Waals surface area (Å²) < 4.78 is 16.0. The standard InChI is InChI=1S/C23H24O5/c1-26-20-9-5-8-18(23(20)28-3)14-17-7-4-6-16(22(17)25)12-15-10-11-19(24)21(13-15)27-2/h5,8-14,24H,4,6-7H2,1-3H3/b16-12+,17-14+. The van der Waals surface area contributed by atoms with E-state index in [0.717, 1.165) is 35.1 Å². The van der Waals surface area contributed by atoms with Crippen molar-refractivity contribution in [3.05, 3.63) is 58.7 Å².